The van der Waals surface area contributed by atoms with E-state index in [-0.39, 0.29) is 41.4 Å². The molecule has 174 valence electrons. The molecule has 0 atom stereocenters. The number of amides is 1. The molecule has 4 rings (SSSR count). The van der Waals surface area contributed by atoms with Crippen molar-refractivity contribution in [2.75, 3.05) is 7.05 Å². The van der Waals surface area contributed by atoms with Crippen molar-refractivity contribution >= 4 is 28.5 Å². The molecule has 0 aliphatic carbocycles. The van der Waals surface area contributed by atoms with E-state index >= 15 is 0 Å². The molecule has 0 aliphatic rings. The van der Waals surface area contributed by atoms with Gasteiger partial charge in [-0.05, 0) is 36.2 Å². The number of halogens is 2. The van der Waals surface area contributed by atoms with E-state index in [9.17, 15) is 14.0 Å². The van der Waals surface area contributed by atoms with E-state index in [0.29, 0.717) is 24.2 Å². The third-order valence-electron chi connectivity index (χ3n) is 5.85. The summed E-state index contributed by atoms with van der Waals surface area (Å²) < 4.78 is 15.8. The lowest BCUT2D eigenvalue weighted by atomic mass is 10.1. The Morgan fingerprint density at radius 1 is 1.00 bits per heavy atom. The molecule has 0 fully saturated rings. The Morgan fingerprint density at radius 3 is 2.50 bits per heavy atom. The van der Waals surface area contributed by atoms with Crippen molar-refractivity contribution in [1.82, 2.24) is 14.5 Å². The fourth-order valence-corrected chi connectivity index (χ4v) is 4.16. The highest BCUT2D eigenvalue weighted by molar-refractivity contribution is 6.31. The zero-order chi connectivity index (χ0) is 24.1. The van der Waals surface area contributed by atoms with Gasteiger partial charge in [0.05, 0.1) is 11.0 Å². The first kappa shape index (κ1) is 23.6. The third kappa shape index (κ3) is 5.34. The van der Waals surface area contributed by atoms with Crippen molar-refractivity contribution in [2.45, 2.75) is 32.4 Å². The number of nitrogens with zero attached hydrogens (tertiary/aromatic N) is 3. The Morgan fingerprint density at radius 2 is 1.74 bits per heavy atom. The molecule has 3 aromatic carbocycles. The van der Waals surface area contributed by atoms with Crippen LogP contribution in [0.2, 0.25) is 5.02 Å². The van der Waals surface area contributed by atoms with E-state index in [1.54, 1.807) is 17.7 Å². The Kier molecular flexibility index (Phi) is 7.38. The summed E-state index contributed by atoms with van der Waals surface area (Å²) in [4.78, 5) is 32.0. The van der Waals surface area contributed by atoms with Crippen LogP contribution < -0.4 is 5.56 Å². The monoisotopic (exact) mass is 477 g/mol. The molecule has 1 heterocycles. The summed E-state index contributed by atoms with van der Waals surface area (Å²) in [5, 5.41) is 0.275. The van der Waals surface area contributed by atoms with Crippen molar-refractivity contribution in [3.05, 3.63) is 111 Å². The van der Waals surface area contributed by atoms with Gasteiger partial charge in [0.2, 0.25) is 5.91 Å². The normalized spacial score (nSPS) is 11.0. The molecule has 4 aromatic rings. The molecular formula is C27H25ClFN3O2. The minimum absolute atomic E-state index is 0.0524. The lowest BCUT2D eigenvalue weighted by molar-refractivity contribution is -0.130. The molecule has 0 saturated carbocycles. The molecule has 1 aromatic heterocycles. The molecular weight excluding hydrogens is 453 g/mol. The first-order chi connectivity index (χ1) is 16.4. The zero-order valence-electron chi connectivity index (χ0n) is 18.9. The summed E-state index contributed by atoms with van der Waals surface area (Å²) in [6.45, 7) is 0.565. The Hall–Kier alpha value is -3.51. The second kappa shape index (κ2) is 10.6. The van der Waals surface area contributed by atoms with Crippen LogP contribution in [-0.2, 0) is 30.7 Å². The number of carbonyl (C=O) groups excluding carboxylic acids is 1. The predicted molar refractivity (Wildman–Crippen MR) is 132 cm³/mol. The number of aryl methyl sites for hydroxylation is 3. The van der Waals surface area contributed by atoms with Gasteiger partial charge in [0.15, 0.2) is 0 Å². The Labute approximate surface area is 202 Å². The van der Waals surface area contributed by atoms with Gasteiger partial charge in [0.25, 0.3) is 5.56 Å². The van der Waals surface area contributed by atoms with Gasteiger partial charge in [-0.15, -0.1) is 0 Å². The number of benzene rings is 3. The molecule has 0 radical (unpaired) electrons. The average molecular weight is 478 g/mol. The van der Waals surface area contributed by atoms with Crippen LogP contribution in [0, 0.1) is 5.82 Å². The molecule has 0 unspecified atom stereocenters. The van der Waals surface area contributed by atoms with Crippen LogP contribution in [-0.4, -0.2) is 27.4 Å². The Balaban J connectivity index is 1.52. The maximum atomic E-state index is 14.1. The number of rotatable bonds is 8. The highest BCUT2D eigenvalue weighted by Crippen LogP contribution is 2.21. The average Bonchev–Trinajstić information content (AvgIpc) is 2.85. The summed E-state index contributed by atoms with van der Waals surface area (Å²) in [5.74, 6) is -0.672. The lowest BCUT2D eigenvalue weighted by Crippen LogP contribution is -2.30. The van der Waals surface area contributed by atoms with Crippen LogP contribution in [0.4, 0.5) is 4.39 Å². The van der Waals surface area contributed by atoms with Crippen molar-refractivity contribution < 1.29 is 9.18 Å². The first-order valence-electron chi connectivity index (χ1n) is 11.1. The Bertz CT molecular complexity index is 1350. The highest BCUT2D eigenvalue weighted by atomic mass is 35.5. The quantitative estimate of drug-likeness (QED) is 0.358. The standard InChI is InChI=1S/C27H25ClFN3O2/c1-31(18-20-21(28)10-7-11-22(20)29)26(33)15-14-24-27(34)32(17-16-19-8-3-2-4-9-19)25-13-6-5-12-23(25)30-24/h2-13H,14-18H2,1H3. The van der Waals surface area contributed by atoms with Crippen molar-refractivity contribution in [3.8, 4) is 0 Å². The van der Waals surface area contributed by atoms with Crippen molar-refractivity contribution in [2.24, 2.45) is 0 Å². The van der Waals surface area contributed by atoms with Gasteiger partial charge in [0, 0.05) is 43.6 Å². The summed E-state index contributed by atoms with van der Waals surface area (Å²) in [5.41, 5.74) is 3.04. The molecule has 0 saturated heterocycles. The molecule has 5 nitrogen and oxygen atoms in total. The van der Waals surface area contributed by atoms with Crippen LogP contribution >= 0.6 is 11.6 Å². The maximum Gasteiger partial charge on any atom is 0.272 e. The number of para-hydroxylation sites is 2. The molecule has 7 heteroatoms. The number of carbonyl (C=O) groups is 1. The van der Waals surface area contributed by atoms with Gasteiger partial charge in [-0.25, -0.2) is 9.37 Å². The largest absolute Gasteiger partial charge is 0.341 e. The van der Waals surface area contributed by atoms with Gasteiger partial charge in [-0.2, -0.15) is 0 Å². The second-order valence-corrected chi connectivity index (χ2v) is 8.60. The van der Waals surface area contributed by atoms with Gasteiger partial charge >= 0.3 is 0 Å². The van der Waals surface area contributed by atoms with E-state index in [0.717, 1.165) is 11.1 Å². The fraction of sp³-hybridized carbons (Fsp3) is 0.222. The smallest absolute Gasteiger partial charge is 0.272 e. The highest BCUT2D eigenvalue weighted by Gasteiger charge is 2.17. The van der Waals surface area contributed by atoms with Crippen LogP contribution in [0.15, 0.2) is 77.6 Å². The fourth-order valence-electron chi connectivity index (χ4n) is 3.94. The molecule has 34 heavy (non-hydrogen) atoms. The van der Waals surface area contributed by atoms with Crippen LogP contribution in [0.25, 0.3) is 11.0 Å². The van der Waals surface area contributed by atoms with Crippen LogP contribution in [0.3, 0.4) is 0 Å². The zero-order valence-corrected chi connectivity index (χ0v) is 19.6. The van der Waals surface area contributed by atoms with Gasteiger partial charge in [0.1, 0.15) is 11.5 Å². The van der Waals surface area contributed by atoms with E-state index in [4.69, 9.17) is 11.6 Å². The van der Waals surface area contributed by atoms with Crippen LogP contribution in [0.5, 0.6) is 0 Å². The molecule has 0 bridgehead atoms. The topological polar surface area (TPSA) is 55.2 Å². The van der Waals surface area contributed by atoms with E-state index in [1.165, 1.54) is 17.0 Å². The lowest BCUT2D eigenvalue weighted by Gasteiger charge is -2.18. The van der Waals surface area contributed by atoms with Gasteiger partial charge in [-0.1, -0.05) is 60.1 Å². The molecule has 0 aliphatic heterocycles. The molecule has 1 amide bonds. The van der Waals surface area contributed by atoms with Crippen molar-refractivity contribution in [3.63, 3.8) is 0 Å². The number of hydrogen-bond donors (Lipinski definition) is 0. The second-order valence-electron chi connectivity index (χ2n) is 8.19. The van der Waals surface area contributed by atoms with Gasteiger partial charge < -0.3 is 9.47 Å². The summed E-state index contributed by atoms with van der Waals surface area (Å²) in [6, 6.07) is 21.9. The van der Waals surface area contributed by atoms with Crippen molar-refractivity contribution in [1.29, 1.82) is 0 Å². The number of fused-ring (bicyclic) bond motifs is 1. The third-order valence-corrected chi connectivity index (χ3v) is 6.20. The molecule has 0 spiro atoms. The number of aromatic nitrogens is 2. The van der Waals surface area contributed by atoms with E-state index < -0.39 is 5.82 Å². The minimum Gasteiger partial charge on any atom is -0.341 e. The van der Waals surface area contributed by atoms with Crippen LogP contribution in [0.1, 0.15) is 23.2 Å². The number of hydrogen-bond acceptors (Lipinski definition) is 3. The summed E-state index contributed by atoms with van der Waals surface area (Å²) in [7, 11) is 1.59. The summed E-state index contributed by atoms with van der Waals surface area (Å²) in [6.07, 6.45) is 0.990. The first-order valence-corrected chi connectivity index (χ1v) is 11.5. The van der Waals surface area contributed by atoms with E-state index in [1.807, 2.05) is 54.6 Å². The predicted octanol–water partition coefficient (Wildman–Crippen LogP) is 5.02. The molecule has 0 N–H and O–H groups in total. The van der Waals surface area contributed by atoms with E-state index in [2.05, 4.69) is 4.98 Å². The maximum absolute atomic E-state index is 14.1. The SMILES string of the molecule is CN(Cc1c(F)cccc1Cl)C(=O)CCc1nc2ccccc2n(CCc2ccccc2)c1=O. The summed E-state index contributed by atoms with van der Waals surface area (Å²) >= 11 is 6.09. The minimum atomic E-state index is -0.454. The van der Waals surface area contributed by atoms with Gasteiger partial charge in [-0.3, -0.25) is 9.59 Å².